The van der Waals surface area contributed by atoms with Gasteiger partial charge in [-0.2, -0.15) is 0 Å². The van der Waals surface area contributed by atoms with Gasteiger partial charge in [0.1, 0.15) is 0 Å². The lowest BCUT2D eigenvalue weighted by atomic mass is 10.1. The molecule has 0 bridgehead atoms. The monoisotopic (exact) mass is 361 g/mol. The standard InChI is InChI=1S/C16H15N3O3S2/c1-9-3-5-12(10(2)7-9)15(20)19-16-18-13-6-4-11(24(17,21)22)8-14(13)23-16/h3-8H,1-2H3,(H2,17,21,22)(H,18,19,20). The summed E-state index contributed by atoms with van der Waals surface area (Å²) < 4.78 is 23.4. The van der Waals surface area contributed by atoms with E-state index in [2.05, 4.69) is 10.3 Å². The summed E-state index contributed by atoms with van der Waals surface area (Å²) in [6, 6.07) is 10.00. The Morgan fingerprint density at radius 2 is 1.92 bits per heavy atom. The summed E-state index contributed by atoms with van der Waals surface area (Å²) >= 11 is 1.20. The number of aromatic nitrogens is 1. The summed E-state index contributed by atoms with van der Waals surface area (Å²) in [6.07, 6.45) is 0. The van der Waals surface area contributed by atoms with Gasteiger partial charge in [-0.3, -0.25) is 10.1 Å². The van der Waals surface area contributed by atoms with Crippen molar-refractivity contribution in [2.75, 3.05) is 5.32 Å². The molecule has 0 atom stereocenters. The Morgan fingerprint density at radius 3 is 2.58 bits per heavy atom. The molecule has 0 unspecified atom stereocenters. The molecular formula is C16H15N3O3S2. The first-order valence-corrected chi connectivity index (χ1v) is 9.42. The van der Waals surface area contributed by atoms with E-state index in [0.717, 1.165) is 11.1 Å². The fraction of sp³-hybridized carbons (Fsp3) is 0.125. The molecule has 2 aromatic carbocycles. The number of nitrogens with one attached hydrogen (secondary N) is 1. The van der Waals surface area contributed by atoms with E-state index < -0.39 is 10.0 Å². The topological polar surface area (TPSA) is 102 Å². The van der Waals surface area contributed by atoms with Crippen LogP contribution in [0.2, 0.25) is 0 Å². The van der Waals surface area contributed by atoms with E-state index in [1.165, 1.54) is 23.5 Å². The minimum absolute atomic E-state index is 0.0194. The molecule has 6 nitrogen and oxygen atoms in total. The highest BCUT2D eigenvalue weighted by atomic mass is 32.2. The first-order valence-electron chi connectivity index (χ1n) is 7.06. The predicted octanol–water partition coefficient (Wildman–Crippen LogP) is 2.81. The molecule has 0 saturated carbocycles. The number of fused-ring (bicyclic) bond motifs is 1. The fourth-order valence-electron chi connectivity index (χ4n) is 2.37. The third-order valence-corrected chi connectivity index (χ3v) is 5.38. The molecule has 0 saturated heterocycles. The van der Waals surface area contributed by atoms with Crippen molar-refractivity contribution in [2.24, 2.45) is 5.14 Å². The maximum absolute atomic E-state index is 12.4. The molecule has 3 N–H and O–H groups in total. The average Bonchev–Trinajstić information content (AvgIpc) is 2.87. The zero-order valence-electron chi connectivity index (χ0n) is 13.0. The van der Waals surface area contributed by atoms with Crippen molar-refractivity contribution in [3.05, 3.63) is 53.1 Å². The molecule has 24 heavy (non-hydrogen) atoms. The van der Waals surface area contributed by atoms with E-state index in [1.54, 1.807) is 12.1 Å². The van der Waals surface area contributed by atoms with Crippen LogP contribution in [0, 0.1) is 13.8 Å². The number of nitrogens with two attached hydrogens (primary N) is 1. The van der Waals surface area contributed by atoms with Gasteiger partial charge in [-0.25, -0.2) is 18.5 Å². The van der Waals surface area contributed by atoms with Crippen LogP contribution in [0.1, 0.15) is 21.5 Å². The molecule has 3 rings (SSSR count). The number of carbonyl (C=O) groups is 1. The van der Waals surface area contributed by atoms with Crippen molar-refractivity contribution < 1.29 is 13.2 Å². The van der Waals surface area contributed by atoms with Crippen LogP contribution in [-0.2, 0) is 10.0 Å². The molecular weight excluding hydrogens is 346 g/mol. The lowest BCUT2D eigenvalue weighted by Gasteiger charge is -2.06. The molecule has 0 spiro atoms. The largest absolute Gasteiger partial charge is 0.298 e. The van der Waals surface area contributed by atoms with Gasteiger partial charge >= 0.3 is 0 Å². The number of hydrogen-bond acceptors (Lipinski definition) is 5. The van der Waals surface area contributed by atoms with Crippen molar-refractivity contribution in [2.45, 2.75) is 18.7 Å². The van der Waals surface area contributed by atoms with E-state index in [1.807, 2.05) is 26.0 Å². The van der Waals surface area contributed by atoms with Gasteiger partial charge in [0.05, 0.1) is 15.1 Å². The van der Waals surface area contributed by atoms with Crippen molar-refractivity contribution in [3.8, 4) is 0 Å². The van der Waals surface area contributed by atoms with Crippen LogP contribution in [0.4, 0.5) is 5.13 Å². The van der Waals surface area contributed by atoms with Crippen LogP contribution >= 0.6 is 11.3 Å². The Kier molecular flexibility index (Phi) is 4.12. The van der Waals surface area contributed by atoms with E-state index in [4.69, 9.17) is 5.14 Å². The van der Waals surface area contributed by atoms with Gasteiger partial charge in [-0.05, 0) is 43.7 Å². The lowest BCUT2D eigenvalue weighted by molar-refractivity contribution is 0.102. The second-order valence-corrected chi connectivity index (χ2v) is 8.06. The second-order valence-electron chi connectivity index (χ2n) is 5.47. The Bertz CT molecular complexity index is 1060. The van der Waals surface area contributed by atoms with E-state index in [0.29, 0.717) is 20.9 Å². The summed E-state index contributed by atoms with van der Waals surface area (Å²) in [6.45, 7) is 3.84. The third-order valence-electron chi connectivity index (χ3n) is 3.54. The van der Waals surface area contributed by atoms with Crippen LogP contribution in [0.3, 0.4) is 0 Å². The van der Waals surface area contributed by atoms with Gasteiger partial charge in [0.25, 0.3) is 5.91 Å². The highest BCUT2D eigenvalue weighted by Gasteiger charge is 2.14. The maximum atomic E-state index is 12.4. The molecule has 0 aliphatic rings. The molecule has 8 heteroatoms. The minimum atomic E-state index is -3.77. The zero-order valence-corrected chi connectivity index (χ0v) is 14.7. The number of amides is 1. The van der Waals surface area contributed by atoms with E-state index >= 15 is 0 Å². The van der Waals surface area contributed by atoms with Crippen LogP contribution < -0.4 is 10.5 Å². The predicted molar refractivity (Wildman–Crippen MR) is 94.9 cm³/mol. The van der Waals surface area contributed by atoms with Crippen molar-refractivity contribution in [3.63, 3.8) is 0 Å². The number of benzene rings is 2. The summed E-state index contributed by atoms with van der Waals surface area (Å²) in [5.74, 6) is -0.252. The number of nitrogens with zero attached hydrogens (tertiary/aromatic N) is 1. The van der Waals surface area contributed by atoms with Gasteiger partial charge in [-0.15, -0.1) is 0 Å². The number of primary sulfonamides is 1. The zero-order chi connectivity index (χ0) is 17.5. The molecule has 0 aliphatic carbocycles. The van der Waals surface area contributed by atoms with Gasteiger partial charge in [-0.1, -0.05) is 29.0 Å². The SMILES string of the molecule is Cc1ccc(C(=O)Nc2nc3ccc(S(N)(=O)=O)cc3s2)c(C)c1. The van der Waals surface area contributed by atoms with Crippen LogP contribution in [-0.4, -0.2) is 19.3 Å². The number of aryl methyl sites for hydroxylation is 2. The molecule has 124 valence electrons. The smallest absolute Gasteiger partial charge is 0.257 e. The summed E-state index contributed by atoms with van der Waals surface area (Å²) in [5.41, 5.74) is 3.14. The number of sulfonamides is 1. The summed E-state index contributed by atoms with van der Waals surface area (Å²) in [7, 11) is -3.77. The maximum Gasteiger partial charge on any atom is 0.257 e. The molecule has 1 amide bonds. The summed E-state index contributed by atoms with van der Waals surface area (Å²) in [4.78, 5) is 16.7. The van der Waals surface area contributed by atoms with Crippen molar-refractivity contribution in [1.82, 2.24) is 4.98 Å². The van der Waals surface area contributed by atoms with E-state index in [9.17, 15) is 13.2 Å². The number of rotatable bonds is 3. The van der Waals surface area contributed by atoms with E-state index in [-0.39, 0.29) is 10.8 Å². The first-order chi connectivity index (χ1) is 11.2. The van der Waals surface area contributed by atoms with Crippen LogP contribution in [0.25, 0.3) is 10.2 Å². The number of carbonyl (C=O) groups excluding carboxylic acids is 1. The third kappa shape index (κ3) is 3.30. The number of anilines is 1. The normalized spacial score (nSPS) is 11.6. The Morgan fingerprint density at radius 1 is 1.17 bits per heavy atom. The summed E-state index contributed by atoms with van der Waals surface area (Å²) in [5, 5.41) is 8.28. The fourth-order valence-corrected chi connectivity index (χ4v) is 3.88. The highest BCUT2D eigenvalue weighted by Crippen LogP contribution is 2.28. The van der Waals surface area contributed by atoms with Crippen LogP contribution in [0.15, 0.2) is 41.3 Å². The number of hydrogen-bond donors (Lipinski definition) is 2. The molecule has 1 heterocycles. The number of thiazole rings is 1. The average molecular weight is 361 g/mol. The Hall–Kier alpha value is -2.29. The van der Waals surface area contributed by atoms with Crippen molar-refractivity contribution in [1.29, 1.82) is 0 Å². The van der Waals surface area contributed by atoms with Crippen molar-refractivity contribution >= 4 is 42.6 Å². The minimum Gasteiger partial charge on any atom is -0.298 e. The lowest BCUT2D eigenvalue weighted by Crippen LogP contribution is -2.13. The Labute approximate surface area is 143 Å². The van der Waals surface area contributed by atoms with Gasteiger partial charge < -0.3 is 0 Å². The molecule has 0 radical (unpaired) electrons. The van der Waals surface area contributed by atoms with Crippen LogP contribution in [0.5, 0.6) is 0 Å². The molecule has 0 aliphatic heterocycles. The van der Waals surface area contributed by atoms with Gasteiger partial charge in [0.2, 0.25) is 10.0 Å². The molecule has 0 fully saturated rings. The quantitative estimate of drug-likeness (QED) is 0.749. The first kappa shape index (κ1) is 16.6. The Balaban J connectivity index is 1.91. The highest BCUT2D eigenvalue weighted by molar-refractivity contribution is 7.89. The van der Waals surface area contributed by atoms with Gasteiger partial charge in [0, 0.05) is 5.56 Å². The molecule has 1 aromatic heterocycles. The second kappa shape index (κ2) is 5.97. The molecule has 3 aromatic rings. The van der Waals surface area contributed by atoms with Gasteiger partial charge in [0.15, 0.2) is 5.13 Å².